The highest BCUT2D eigenvalue weighted by Gasteiger charge is 2.32. The molecule has 1 aromatic rings. The largest absolute Gasteiger partial charge is 0.492 e. The summed E-state index contributed by atoms with van der Waals surface area (Å²) in [5.41, 5.74) is 0.603. The second-order valence-corrected chi connectivity index (χ2v) is 5.41. The van der Waals surface area contributed by atoms with Crippen LogP contribution in [0.2, 0.25) is 0 Å². The summed E-state index contributed by atoms with van der Waals surface area (Å²) >= 11 is 0. The number of ether oxygens (including phenoxy) is 1. The van der Waals surface area contributed by atoms with Gasteiger partial charge in [0.25, 0.3) is 0 Å². The van der Waals surface area contributed by atoms with E-state index in [0.717, 1.165) is 0 Å². The van der Waals surface area contributed by atoms with Crippen molar-refractivity contribution in [1.82, 2.24) is 10.2 Å². The van der Waals surface area contributed by atoms with Crippen LogP contribution in [0.1, 0.15) is 25.3 Å². The molecule has 0 aliphatic heterocycles. The third-order valence-corrected chi connectivity index (χ3v) is 3.87. The topological polar surface area (TPSA) is 65.4 Å². The summed E-state index contributed by atoms with van der Waals surface area (Å²) in [6.45, 7) is 2.95. The molecular weight excluding hydrogens is 266 g/mol. The minimum atomic E-state index is -0.0576. The molecule has 0 heterocycles. The molecule has 2 rings (SSSR count). The first-order valence-electron chi connectivity index (χ1n) is 7.25. The predicted molar refractivity (Wildman–Crippen MR) is 80.0 cm³/mol. The van der Waals surface area contributed by atoms with E-state index in [1.807, 2.05) is 7.05 Å². The molecule has 1 N–H and O–H groups in total. The Bertz CT molecular complexity index is 517. The predicted octanol–water partition coefficient (Wildman–Crippen LogP) is 2.38. The molecule has 21 heavy (non-hydrogen) atoms. The van der Waals surface area contributed by atoms with E-state index in [9.17, 15) is 4.79 Å². The van der Waals surface area contributed by atoms with Crippen molar-refractivity contribution < 1.29 is 9.53 Å². The number of hydrogen-bond donors (Lipinski definition) is 1. The zero-order valence-electron chi connectivity index (χ0n) is 12.5. The van der Waals surface area contributed by atoms with Crippen molar-refractivity contribution in [3.8, 4) is 11.8 Å². The maximum Gasteiger partial charge on any atom is 0.317 e. The molecular formula is C16H21N3O2. The molecule has 112 valence electrons. The van der Waals surface area contributed by atoms with E-state index in [1.54, 1.807) is 29.2 Å². The van der Waals surface area contributed by atoms with Crippen LogP contribution in [-0.2, 0) is 0 Å². The monoisotopic (exact) mass is 287 g/mol. The maximum absolute atomic E-state index is 11.9. The van der Waals surface area contributed by atoms with Gasteiger partial charge in [0.05, 0.1) is 18.2 Å². The summed E-state index contributed by atoms with van der Waals surface area (Å²) in [5, 5.41) is 11.5. The van der Waals surface area contributed by atoms with E-state index in [2.05, 4.69) is 18.3 Å². The quantitative estimate of drug-likeness (QED) is 0.817. The maximum atomic E-state index is 11.9. The Morgan fingerprint density at radius 1 is 1.48 bits per heavy atom. The van der Waals surface area contributed by atoms with Crippen LogP contribution in [0.5, 0.6) is 5.75 Å². The fraction of sp³-hybridized carbons (Fsp3) is 0.500. The van der Waals surface area contributed by atoms with Crippen molar-refractivity contribution in [3.63, 3.8) is 0 Å². The fourth-order valence-electron chi connectivity index (χ4n) is 2.16. The number of nitriles is 1. The van der Waals surface area contributed by atoms with Gasteiger partial charge in [-0.25, -0.2) is 4.79 Å². The summed E-state index contributed by atoms with van der Waals surface area (Å²) in [4.78, 5) is 13.7. The van der Waals surface area contributed by atoms with Gasteiger partial charge in [-0.3, -0.25) is 0 Å². The van der Waals surface area contributed by atoms with Crippen LogP contribution >= 0.6 is 0 Å². The van der Waals surface area contributed by atoms with Gasteiger partial charge < -0.3 is 15.0 Å². The van der Waals surface area contributed by atoms with Crippen molar-refractivity contribution in [3.05, 3.63) is 29.8 Å². The van der Waals surface area contributed by atoms with Gasteiger partial charge in [-0.1, -0.05) is 0 Å². The molecule has 1 saturated carbocycles. The number of benzene rings is 1. The smallest absolute Gasteiger partial charge is 0.317 e. The van der Waals surface area contributed by atoms with Crippen LogP contribution < -0.4 is 10.1 Å². The molecule has 1 aliphatic carbocycles. The number of nitrogens with one attached hydrogen (secondary N) is 1. The summed E-state index contributed by atoms with van der Waals surface area (Å²) in [5.74, 6) is 1.36. The Morgan fingerprint density at radius 2 is 2.14 bits per heavy atom. The molecule has 2 amide bonds. The van der Waals surface area contributed by atoms with E-state index in [1.165, 1.54) is 12.8 Å². The van der Waals surface area contributed by atoms with Crippen LogP contribution in [-0.4, -0.2) is 37.2 Å². The summed E-state index contributed by atoms with van der Waals surface area (Å²) < 4.78 is 5.51. The Labute approximate surface area is 125 Å². The molecule has 0 spiro atoms. The normalized spacial score (nSPS) is 14.9. The van der Waals surface area contributed by atoms with Gasteiger partial charge in [-0.2, -0.15) is 5.26 Å². The highest BCUT2D eigenvalue weighted by atomic mass is 16.5. The van der Waals surface area contributed by atoms with Crippen LogP contribution in [0.4, 0.5) is 4.79 Å². The van der Waals surface area contributed by atoms with Crippen molar-refractivity contribution in [2.75, 3.05) is 20.2 Å². The summed E-state index contributed by atoms with van der Waals surface area (Å²) in [7, 11) is 1.83. The molecule has 1 aliphatic rings. The standard InChI is InChI=1S/C16H21N3O2/c1-12(14-5-6-14)19(2)16(20)18-9-10-21-15-7-3-13(11-17)4-8-15/h3-4,7-8,12,14H,5-6,9-10H2,1-2H3,(H,18,20)/t12-/m1/s1. The lowest BCUT2D eigenvalue weighted by atomic mass is 10.2. The van der Waals surface area contributed by atoms with Crippen LogP contribution in [0.25, 0.3) is 0 Å². The van der Waals surface area contributed by atoms with Crippen molar-refractivity contribution >= 4 is 6.03 Å². The number of amides is 2. The van der Waals surface area contributed by atoms with E-state index in [-0.39, 0.29) is 6.03 Å². The molecule has 1 aromatic carbocycles. The van der Waals surface area contributed by atoms with Crippen LogP contribution in [0.3, 0.4) is 0 Å². The Balaban J connectivity index is 1.66. The van der Waals surface area contributed by atoms with Gasteiger partial charge >= 0.3 is 6.03 Å². The Morgan fingerprint density at radius 3 is 2.71 bits per heavy atom. The van der Waals surface area contributed by atoms with E-state index < -0.39 is 0 Å². The fourth-order valence-corrected chi connectivity index (χ4v) is 2.16. The Kier molecular flexibility index (Phi) is 5.04. The lowest BCUT2D eigenvalue weighted by Crippen LogP contribution is -2.44. The zero-order chi connectivity index (χ0) is 15.2. The van der Waals surface area contributed by atoms with E-state index in [4.69, 9.17) is 10.00 Å². The zero-order valence-corrected chi connectivity index (χ0v) is 12.5. The van der Waals surface area contributed by atoms with Gasteiger partial charge in [0, 0.05) is 13.1 Å². The van der Waals surface area contributed by atoms with Crippen LogP contribution in [0, 0.1) is 17.2 Å². The Hall–Kier alpha value is -2.22. The van der Waals surface area contributed by atoms with E-state index >= 15 is 0 Å². The number of carbonyl (C=O) groups excluding carboxylic acids is 1. The third kappa shape index (κ3) is 4.38. The average molecular weight is 287 g/mol. The first-order chi connectivity index (χ1) is 10.1. The second kappa shape index (κ2) is 6.98. The number of rotatable bonds is 6. The molecule has 0 saturated heterocycles. The molecule has 0 unspecified atom stereocenters. The number of nitrogens with zero attached hydrogens (tertiary/aromatic N) is 2. The van der Waals surface area contributed by atoms with Gasteiger partial charge in [-0.05, 0) is 49.9 Å². The molecule has 5 heteroatoms. The van der Waals surface area contributed by atoms with Crippen molar-refractivity contribution in [2.24, 2.45) is 5.92 Å². The lowest BCUT2D eigenvalue weighted by Gasteiger charge is -2.25. The van der Waals surface area contributed by atoms with Gasteiger partial charge in [0.1, 0.15) is 12.4 Å². The molecule has 0 bridgehead atoms. The number of hydrogen-bond acceptors (Lipinski definition) is 3. The molecule has 0 aromatic heterocycles. The first-order valence-corrected chi connectivity index (χ1v) is 7.25. The van der Waals surface area contributed by atoms with Gasteiger partial charge in [0.15, 0.2) is 0 Å². The summed E-state index contributed by atoms with van der Waals surface area (Å²) in [6.07, 6.45) is 2.45. The van der Waals surface area contributed by atoms with Gasteiger partial charge in [-0.15, -0.1) is 0 Å². The molecule has 1 fully saturated rings. The molecule has 5 nitrogen and oxygen atoms in total. The van der Waals surface area contributed by atoms with Gasteiger partial charge in [0.2, 0.25) is 0 Å². The molecule has 1 atom stereocenters. The SMILES string of the molecule is C[C@H](C1CC1)N(C)C(=O)NCCOc1ccc(C#N)cc1. The minimum absolute atomic E-state index is 0.0576. The number of urea groups is 1. The molecule has 0 radical (unpaired) electrons. The number of carbonyl (C=O) groups is 1. The minimum Gasteiger partial charge on any atom is -0.492 e. The van der Waals surface area contributed by atoms with Crippen LogP contribution in [0.15, 0.2) is 24.3 Å². The second-order valence-electron chi connectivity index (χ2n) is 5.41. The highest BCUT2D eigenvalue weighted by Crippen LogP contribution is 2.34. The first kappa shape index (κ1) is 15.2. The highest BCUT2D eigenvalue weighted by molar-refractivity contribution is 5.74. The van der Waals surface area contributed by atoms with Crippen molar-refractivity contribution in [2.45, 2.75) is 25.8 Å². The lowest BCUT2D eigenvalue weighted by molar-refractivity contribution is 0.185. The summed E-state index contributed by atoms with van der Waals surface area (Å²) in [6, 6.07) is 9.21. The third-order valence-electron chi connectivity index (χ3n) is 3.87. The van der Waals surface area contributed by atoms with E-state index in [0.29, 0.717) is 36.4 Å². The average Bonchev–Trinajstić information content (AvgIpc) is 3.35. The van der Waals surface area contributed by atoms with Crippen molar-refractivity contribution in [1.29, 1.82) is 5.26 Å².